The number of aromatic nitrogens is 4. The van der Waals surface area contributed by atoms with Gasteiger partial charge >= 0.3 is 0 Å². The number of halogens is 1. The largest absolute Gasteiger partial charge is 0.347 e. The van der Waals surface area contributed by atoms with Crippen LogP contribution in [0.4, 0.5) is 17.5 Å². The lowest BCUT2D eigenvalue weighted by Crippen LogP contribution is -2.13. The summed E-state index contributed by atoms with van der Waals surface area (Å²) in [6.45, 7) is 0. The van der Waals surface area contributed by atoms with Crippen LogP contribution in [0.5, 0.6) is 0 Å². The Morgan fingerprint density at radius 2 is 2.00 bits per heavy atom. The topological polar surface area (TPSA) is 66.8 Å². The molecule has 0 saturated heterocycles. The number of anilines is 3. The van der Waals surface area contributed by atoms with Crippen LogP contribution in [0.15, 0.2) is 41.3 Å². The minimum Gasteiger partial charge on any atom is -0.347 e. The van der Waals surface area contributed by atoms with Gasteiger partial charge in [-0.1, -0.05) is 22.0 Å². The molecule has 0 atom stereocenters. The molecule has 0 bridgehead atoms. The van der Waals surface area contributed by atoms with Crippen molar-refractivity contribution in [2.75, 3.05) is 24.3 Å². The maximum absolute atomic E-state index is 4.51. The van der Waals surface area contributed by atoms with Crippen molar-refractivity contribution in [1.29, 1.82) is 0 Å². The van der Waals surface area contributed by atoms with Gasteiger partial charge in [-0.3, -0.25) is 0 Å². The first-order chi connectivity index (χ1) is 10.1. The molecule has 3 rings (SSSR count). The Labute approximate surface area is 130 Å². The van der Waals surface area contributed by atoms with Gasteiger partial charge in [-0.2, -0.15) is 0 Å². The van der Waals surface area contributed by atoms with Crippen LogP contribution >= 0.6 is 15.9 Å². The first kappa shape index (κ1) is 13.7. The van der Waals surface area contributed by atoms with Gasteiger partial charge in [0.25, 0.3) is 0 Å². The van der Waals surface area contributed by atoms with Crippen LogP contribution in [0.3, 0.4) is 0 Å². The molecule has 0 aliphatic carbocycles. The number of nitrogens with one attached hydrogen (secondary N) is 1. The van der Waals surface area contributed by atoms with Crippen molar-refractivity contribution >= 4 is 44.4 Å². The summed E-state index contributed by atoms with van der Waals surface area (Å²) in [5, 5.41) is 3.26. The molecular weight excluding hydrogens is 332 g/mol. The summed E-state index contributed by atoms with van der Waals surface area (Å²) in [5.41, 5.74) is 2.32. The Morgan fingerprint density at radius 1 is 1.14 bits per heavy atom. The van der Waals surface area contributed by atoms with E-state index < -0.39 is 0 Å². The lowest BCUT2D eigenvalue weighted by molar-refractivity contribution is 1.01. The number of fused-ring (bicyclic) bond motifs is 1. The van der Waals surface area contributed by atoms with Gasteiger partial charge in [0.05, 0.1) is 6.20 Å². The molecule has 0 aliphatic heterocycles. The van der Waals surface area contributed by atoms with Crippen LogP contribution < -0.4 is 10.2 Å². The molecule has 3 aromatic rings. The predicted molar refractivity (Wildman–Crippen MR) is 86.9 cm³/mol. The summed E-state index contributed by atoms with van der Waals surface area (Å²) in [5.74, 6) is 1.28. The van der Waals surface area contributed by atoms with Gasteiger partial charge in [0.1, 0.15) is 17.4 Å². The number of nitrogens with zero attached hydrogens (tertiary/aromatic N) is 5. The highest BCUT2D eigenvalue weighted by molar-refractivity contribution is 9.10. The second kappa shape index (κ2) is 5.61. The quantitative estimate of drug-likeness (QED) is 0.787. The third-order valence-electron chi connectivity index (χ3n) is 2.85. The molecule has 2 heterocycles. The fraction of sp³-hybridized carbons (Fsp3) is 0.143. The van der Waals surface area contributed by atoms with E-state index in [2.05, 4.69) is 41.2 Å². The van der Waals surface area contributed by atoms with Crippen LogP contribution in [0.25, 0.3) is 11.0 Å². The molecule has 1 aromatic carbocycles. The van der Waals surface area contributed by atoms with Crippen LogP contribution in [0, 0.1) is 0 Å². The van der Waals surface area contributed by atoms with E-state index in [1.54, 1.807) is 6.20 Å². The fourth-order valence-electron chi connectivity index (χ4n) is 1.85. The first-order valence-electron chi connectivity index (χ1n) is 6.31. The Balaban J connectivity index is 2.07. The Morgan fingerprint density at radius 3 is 2.76 bits per heavy atom. The normalized spacial score (nSPS) is 10.6. The lowest BCUT2D eigenvalue weighted by atomic mass is 10.3. The van der Waals surface area contributed by atoms with Gasteiger partial charge in [0, 0.05) is 24.3 Å². The summed E-state index contributed by atoms with van der Waals surface area (Å²) >= 11 is 3.45. The monoisotopic (exact) mass is 344 g/mol. The van der Waals surface area contributed by atoms with Crippen LogP contribution in [0.2, 0.25) is 0 Å². The highest BCUT2D eigenvalue weighted by Crippen LogP contribution is 2.24. The molecule has 1 N–H and O–H groups in total. The van der Waals surface area contributed by atoms with Crippen molar-refractivity contribution < 1.29 is 0 Å². The van der Waals surface area contributed by atoms with Crippen molar-refractivity contribution in [1.82, 2.24) is 19.9 Å². The van der Waals surface area contributed by atoms with E-state index in [1.165, 1.54) is 6.33 Å². The minimum atomic E-state index is 0.620. The SMILES string of the molecule is CN(C)c1ncc2ncnc(Nc3cccc(Br)c3)c2n1. The summed E-state index contributed by atoms with van der Waals surface area (Å²) in [6, 6.07) is 7.86. The van der Waals surface area contributed by atoms with Crippen molar-refractivity contribution in [2.24, 2.45) is 0 Å². The average molecular weight is 345 g/mol. The van der Waals surface area contributed by atoms with E-state index in [0.29, 0.717) is 22.8 Å². The standard InChI is InChI=1S/C14H13BrN6/c1-21(2)14-16-7-11-12(20-14)13(18-8-17-11)19-10-5-3-4-9(15)6-10/h3-8H,1-2H3,(H,17,18,19). The minimum absolute atomic E-state index is 0.620. The van der Waals surface area contributed by atoms with Crippen LogP contribution in [0.1, 0.15) is 0 Å². The van der Waals surface area contributed by atoms with E-state index in [0.717, 1.165) is 10.2 Å². The number of hydrogen-bond acceptors (Lipinski definition) is 6. The third-order valence-corrected chi connectivity index (χ3v) is 3.35. The Bertz CT molecular complexity index is 789. The highest BCUT2D eigenvalue weighted by Gasteiger charge is 2.09. The molecule has 106 valence electrons. The van der Waals surface area contributed by atoms with E-state index in [-0.39, 0.29) is 0 Å². The third kappa shape index (κ3) is 2.92. The molecular formula is C14H13BrN6. The molecule has 2 aromatic heterocycles. The molecule has 6 nitrogen and oxygen atoms in total. The summed E-state index contributed by atoms with van der Waals surface area (Å²) in [4.78, 5) is 19.1. The second-order valence-corrected chi connectivity index (χ2v) is 5.57. The molecule has 0 saturated carbocycles. The van der Waals surface area contributed by atoms with Gasteiger partial charge in [0.15, 0.2) is 5.82 Å². The summed E-state index contributed by atoms with van der Waals surface area (Å²) < 4.78 is 0.995. The fourth-order valence-corrected chi connectivity index (χ4v) is 2.25. The molecule has 0 fully saturated rings. The molecule has 0 unspecified atom stereocenters. The van der Waals surface area contributed by atoms with Gasteiger partial charge in [-0.15, -0.1) is 0 Å². The van der Waals surface area contributed by atoms with Crippen molar-refractivity contribution in [3.8, 4) is 0 Å². The van der Waals surface area contributed by atoms with Gasteiger partial charge < -0.3 is 10.2 Å². The van der Waals surface area contributed by atoms with E-state index >= 15 is 0 Å². The van der Waals surface area contributed by atoms with Gasteiger partial charge in [0.2, 0.25) is 5.95 Å². The first-order valence-corrected chi connectivity index (χ1v) is 7.10. The van der Waals surface area contributed by atoms with Crippen molar-refractivity contribution in [3.05, 3.63) is 41.3 Å². The van der Waals surface area contributed by atoms with E-state index in [1.807, 2.05) is 43.3 Å². The molecule has 0 radical (unpaired) electrons. The summed E-state index contributed by atoms with van der Waals surface area (Å²) in [7, 11) is 3.79. The van der Waals surface area contributed by atoms with Gasteiger partial charge in [-0.05, 0) is 18.2 Å². The molecule has 7 heteroatoms. The number of rotatable bonds is 3. The Hall–Kier alpha value is -2.28. The zero-order chi connectivity index (χ0) is 14.8. The number of hydrogen-bond donors (Lipinski definition) is 1. The maximum atomic E-state index is 4.51. The maximum Gasteiger partial charge on any atom is 0.225 e. The molecule has 21 heavy (non-hydrogen) atoms. The zero-order valence-electron chi connectivity index (χ0n) is 11.6. The lowest BCUT2D eigenvalue weighted by Gasteiger charge is -2.12. The zero-order valence-corrected chi connectivity index (χ0v) is 13.2. The smallest absolute Gasteiger partial charge is 0.225 e. The van der Waals surface area contributed by atoms with Crippen LogP contribution in [-0.4, -0.2) is 34.0 Å². The molecule has 0 amide bonds. The molecule has 0 aliphatic rings. The predicted octanol–water partition coefficient (Wildman–Crippen LogP) is 2.99. The van der Waals surface area contributed by atoms with Crippen LogP contribution in [-0.2, 0) is 0 Å². The Kier molecular flexibility index (Phi) is 3.66. The summed E-state index contributed by atoms with van der Waals surface area (Å²) in [6.07, 6.45) is 3.20. The van der Waals surface area contributed by atoms with Gasteiger partial charge in [-0.25, -0.2) is 19.9 Å². The highest BCUT2D eigenvalue weighted by atomic mass is 79.9. The van der Waals surface area contributed by atoms with E-state index in [4.69, 9.17) is 0 Å². The van der Waals surface area contributed by atoms with Crippen molar-refractivity contribution in [3.63, 3.8) is 0 Å². The van der Waals surface area contributed by atoms with E-state index in [9.17, 15) is 0 Å². The average Bonchev–Trinajstić information content (AvgIpc) is 2.47. The van der Waals surface area contributed by atoms with Crippen molar-refractivity contribution in [2.45, 2.75) is 0 Å². The molecule has 0 spiro atoms. The second-order valence-electron chi connectivity index (χ2n) is 4.66. The number of benzene rings is 1.